The van der Waals surface area contributed by atoms with Gasteiger partial charge in [0.25, 0.3) is 0 Å². The third-order valence-electron chi connectivity index (χ3n) is 7.31. The third-order valence-corrected chi connectivity index (χ3v) is 7.31. The Morgan fingerprint density at radius 1 is 0.535 bits per heavy atom. The highest BCUT2D eigenvalue weighted by atomic mass is 15.1. The van der Waals surface area contributed by atoms with E-state index < -0.39 is 0 Å². The summed E-state index contributed by atoms with van der Waals surface area (Å²) >= 11 is 0. The van der Waals surface area contributed by atoms with E-state index in [1.165, 1.54) is 6.08 Å². The molecule has 0 bridgehead atoms. The maximum atomic E-state index is 10.7. The Kier molecular flexibility index (Phi) is 8.82. The van der Waals surface area contributed by atoms with Gasteiger partial charge in [-0.15, -0.1) is 0 Å². The number of allylic oxidation sites excluding steroid dienone is 8. The van der Waals surface area contributed by atoms with Crippen LogP contribution < -0.4 is 14.7 Å². The molecular formula is C36H31N7. The lowest BCUT2D eigenvalue weighted by Gasteiger charge is -2.17. The fourth-order valence-electron chi connectivity index (χ4n) is 5.02. The van der Waals surface area contributed by atoms with E-state index in [2.05, 4.69) is 12.1 Å². The van der Waals surface area contributed by atoms with Crippen LogP contribution in [0.2, 0.25) is 0 Å². The largest absolute Gasteiger partial charge is 0.378 e. The Labute approximate surface area is 253 Å². The number of nitriles is 4. The summed E-state index contributed by atoms with van der Waals surface area (Å²) in [5.74, 6) is 0. The summed E-state index contributed by atoms with van der Waals surface area (Å²) in [6.45, 7) is 0. The lowest BCUT2D eigenvalue weighted by Crippen LogP contribution is -2.08. The molecule has 0 unspecified atom stereocenters. The van der Waals surface area contributed by atoms with Gasteiger partial charge < -0.3 is 14.7 Å². The average molecular weight is 562 g/mol. The van der Waals surface area contributed by atoms with Crippen LogP contribution in [0.3, 0.4) is 0 Å². The lowest BCUT2D eigenvalue weighted by molar-refractivity contribution is 1.13. The smallest absolute Gasteiger partial charge is 0.130 e. The maximum Gasteiger partial charge on any atom is 0.130 e. The zero-order valence-electron chi connectivity index (χ0n) is 25.1. The van der Waals surface area contributed by atoms with E-state index in [0.717, 1.165) is 28.2 Å². The Hall–Kier alpha value is -6.02. The molecule has 1 aliphatic rings. The van der Waals surface area contributed by atoms with Gasteiger partial charge in [0.05, 0.1) is 11.1 Å². The first-order valence-corrected chi connectivity index (χ1v) is 13.5. The molecule has 0 radical (unpaired) electrons. The Bertz CT molecular complexity index is 1820. The standard InChI is InChI=1S/C36H31N7/c1-41(2)28-13-7-25(8-14-28)31(19-24(20-37)21-38)36-33(23-40)34(26-9-15-29(16-10-26)42(3)4)32(22-39)35(36)27-11-17-30(18-12-27)43(5)6/h7-19H,1-6H3/b36-31+. The minimum absolute atomic E-state index is 0.110. The number of anilines is 3. The molecule has 3 aromatic rings. The average Bonchev–Trinajstić information content (AvgIpc) is 3.35. The van der Waals surface area contributed by atoms with Gasteiger partial charge in [0, 0.05) is 76.1 Å². The van der Waals surface area contributed by atoms with Crippen molar-refractivity contribution in [2.24, 2.45) is 0 Å². The van der Waals surface area contributed by atoms with Gasteiger partial charge in [-0.05, 0) is 64.7 Å². The predicted molar refractivity (Wildman–Crippen MR) is 174 cm³/mol. The van der Waals surface area contributed by atoms with E-state index in [1.54, 1.807) is 0 Å². The second-order valence-corrected chi connectivity index (χ2v) is 10.6. The van der Waals surface area contributed by atoms with Crippen molar-refractivity contribution in [3.05, 3.63) is 118 Å². The molecule has 0 saturated carbocycles. The number of benzene rings is 3. The second kappa shape index (κ2) is 12.7. The number of nitrogens with zero attached hydrogens (tertiary/aromatic N) is 7. The number of hydrogen-bond acceptors (Lipinski definition) is 7. The van der Waals surface area contributed by atoms with Crippen LogP contribution in [-0.2, 0) is 0 Å². The van der Waals surface area contributed by atoms with Gasteiger partial charge in [-0.1, -0.05) is 36.4 Å². The summed E-state index contributed by atoms with van der Waals surface area (Å²) in [5, 5.41) is 40.9. The van der Waals surface area contributed by atoms with Crippen LogP contribution >= 0.6 is 0 Å². The molecule has 0 N–H and O–H groups in total. The summed E-state index contributed by atoms with van der Waals surface area (Å²) in [4.78, 5) is 5.94. The predicted octanol–water partition coefficient (Wildman–Crippen LogP) is 6.58. The van der Waals surface area contributed by atoms with Crippen LogP contribution in [0.4, 0.5) is 17.1 Å². The van der Waals surface area contributed by atoms with E-state index in [1.807, 2.05) is 142 Å². The molecule has 0 atom stereocenters. The molecule has 0 aliphatic heterocycles. The van der Waals surface area contributed by atoms with Crippen molar-refractivity contribution >= 4 is 33.8 Å². The Morgan fingerprint density at radius 3 is 1.30 bits per heavy atom. The van der Waals surface area contributed by atoms with Gasteiger partial charge in [-0.2, -0.15) is 21.0 Å². The molecule has 0 heterocycles. The molecule has 0 spiro atoms. The zero-order valence-corrected chi connectivity index (χ0v) is 25.1. The van der Waals surface area contributed by atoms with Crippen LogP contribution in [0.15, 0.2) is 101 Å². The quantitative estimate of drug-likeness (QED) is 0.300. The van der Waals surface area contributed by atoms with Crippen molar-refractivity contribution in [1.82, 2.24) is 0 Å². The van der Waals surface area contributed by atoms with E-state index >= 15 is 0 Å². The number of rotatable bonds is 7. The minimum Gasteiger partial charge on any atom is -0.378 e. The Balaban J connectivity index is 2.17. The third kappa shape index (κ3) is 5.89. The molecule has 0 saturated heterocycles. The first-order chi connectivity index (χ1) is 20.6. The van der Waals surface area contributed by atoms with Crippen LogP contribution in [0.5, 0.6) is 0 Å². The first-order valence-electron chi connectivity index (χ1n) is 13.5. The maximum absolute atomic E-state index is 10.7. The topological polar surface area (TPSA) is 105 Å². The fraction of sp³-hybridized carbons (Fsp3) is 0.167. The van der Waals surface area contributed by atoms with Gasteiger partial charge in [-0.25, -0.2) is 0 Å². The molecule has 43 heavy (non-hydrogen) atoms. The second-order valence-electron chi connectivity index (χ2n) is 10.6. The monoisotopic (exact) mass is 561 g/mol. The van der Waals surface area contributed by atoms with Crippen molar-refractivity contribution in [2.75, 3.05) is 57.0 Å². The van der Waals surface area contributed by atoms with Crippen LogP contribution in [0.1, 0.15) is 16.7 Å². The van der Waals surface area contributed by atoms with Crippen molar-refractivity contribution in [3.63, 3.8) is 0 Å². The highest BCUT2D eigenvalue weighted by molar-refractivity contribution is 6.14. The summed E-state index contributed by atoms with van der Waals surface area (Å²) in [7, 11) is 11.7. The first kappa shape index (κ1) is 30.0. The van der Waals surface area contributed by atoms with Crippen molar-refractivity contribution in [1.29, 1.82) is 21.0 Å². The van der Waals surface area contributed by atoms with Crippen LogP contribution in [-0.4, -0.2) is 42.3 Å². The van der Waals surface area contributed by atoms with Crippen LogP contribution in [0.25, 0.3) is 16.7 Å². The highest BCUT2D eigenvalue weighted by Crippen LogP contribution is 2.50. The van der Waals surface area contributed by atoms with E-state index in [-0.39, 0.29) is 5.57 Å². The molecule has 1 aliphatic carbocycles. The van der Waals surface area contributed by atoms with Crippen molar-refractivity contribution in [3.8, 4) is 24.3 Å². The summed E-state index contributed by atoms with van der Waals surface area (Å²) in [6, 6.07) is 31.9. The van der Waals surface area contributed by atoms with Crippen molar-refractivity contribution in [2.45, 2.75) is 0 Å². The molecule has 7 nitrogen and oxygen atoms in total. The van der Waals surface area contributed by atoms with Gasteiger partial charge in [0.2, 0.25) is 0 Å². The molecule has 7 heteroatoms. The molecule has 4 rings (SSSR count). The van der Waals surface area contributed by atoms with E-state index in [4.69, 9.17) is 0 Å². The van der Waals surface area contributed by atoms with Crippen molar-refractivity contribution < 1.29 is 0 Å². The normalized spacial score (nSPS) is 13.3. The molecule has 0 amide bonds. The molecular weight excluding hydrogens is 530 g/mol. The molecule has 0 aromatic heterocycles. The summed E-state index contributed by atoms with van der Waals surface area (Å²) < 4.78 is 0. The fourth-order valence-corrected chi connectivity index (χ4v) is 5.02. The molecule has 3 aromatic carbocycles. The summed E-state index contributed by atoms with van der Waals surface area (Å²) in [6.07, 6.45) is 1.51. The van der Waals surface area contributed by atoms with Gasteiger partial charge >= 0.3 is 0 Å². The van der Waals surface area contributed by atoms with Crippen LogP contribution in [0, 0.1) is 45.3 Å². The minimum atomic E-state index is -0.110. The van der Waals surface area contributed by atoms with Gasteiger partial charge in [0.15, 0.2) is 0 Å². The number of hydrogen-bond donors (Lipinski definition) is 0. The van der Waals surface area contributed by atoms with Gasteiger partial charge in [-0.3, -0.25) is 0 Å². The zero-order chi connectivity index (χ0) is 31.3. The van der Waals surface area contributed by atoms with E-state index in [0.29, 0.717) is 39.0 Å². The Morgan fingerprint density at radius 2 is 0.930 bits per heavy atom. The van der Waals surface area contributed by atoms with E-state index in [9.17, 15) is 21.0 Å². The molecule has 210 valence electrons. The lowest BCUT2D eigenvalue weighted by atomic mass is 9.87. The summed E-state index contributed by atoms with van der Waals surface area (Å²) in [5.41, 5.74) is 7.77. The van der Waals surface area contributed by atoms with Gasteiger partial charge in [0.1, 0.15) is 29.8 Å². The SMILES string of the molecule is CN(C)c1ccc(C2=C(C#N)/C(=C(/C=C(C#N)C#N)c3ccc(N(C)C)cc3)C(c3ccc(N(C)C)cc3)=C2C#N)cc1. The highest BCUT2D eigenvalue weighted by Gasteiger charge is 2.34. The molecule has 0 fully saturated rings.